The number of para-hydroxylation sites is 1. The first kappa shape index (κ1) is 18.5. The predicted molar refractivity (Wildman–Crippen MR) is 96.7 cm³/mol. The summed E-state index contributed by atoms with van der Waals surface area (Å²) in [6, 6.07) is 15.0. The minimum atomic E-state index is -0.870. The summed E-state index contributed by atoms with van der Waals surface area (Å²) >= 11 is 0. The molecule has 2 rings (SSSR count). The smallest absolute Gasteiger partial charge is 0.310 e. The molecule has 0 bridgehead atoms. The Balaban J connectivity index is 1.77. The van der Waals surface area contributed by atoms with Crippen LogP contribution < -0.4 is 10.1 Å². The maximum absolute atomic E-state index is 12.2. The van der Waals surface area contributed by atoms with Crippen LogP contribution in [-0.2, 0) is 14.3 Å². The molecule has 5 nitrogen and oxygen atoms in total. The molecule has 2 aromatic rings. The van der Waals surface area contributed by atoms with Gasteiger partial charge in [-0.1, -0.05) is 35.9 Å². The normalized spacial score (nSPS) is 11.5. The molecular weight excluding hydrogens is 318 g/mol. The fourth-order valence-corrected chi connectivity index (χ4v) is 2.27. The predicted octanol–water partition coefficient (Wildman–Crippen LogP) is 3.64. The molecule has 0 unspecified atom stereocenters. The van der Waals surface area contributed by atoms with E-state index in [1.54, 1.807) is 6.92 Å². The number of hydrogen-bond acceptors (Lipinski definition) is 4. The molecule has 0 saturated heterocycles. The van der Waals surface area contributed by atoms with Crippen LogP contribution in [0.5, 0.6) is 5.75 Å². The van der Waals surface area contributed by atoms with E-state index in [4.69, 9.17) is 9.47 Å². The van der Waals surface area contributed by atoms with E-state index in [9.17, 15) is 9.59 Å². The Kier molecular flexibility index (Phi) is 6.57. The van der Waals surface area contributed by atoms with Crippen LogP contribution in [0, 0.1) is 13.8 Å². The number of amides is 1. The van der Waals surface area contributed by atoms with Crippen molar-refractivity contribution in [2.45, 2.75) is 33.3 Å². The molecule has 0 fully saturated rings. The van der Waals surface area contributed by atoms with Crippen LogP contribution in [0.2, 0.25) is 0 Å². The molecule has 0 aliphatic carbocycles. The lowest BCUT2D eigenvalue weighted by molar-refractivity contribution is -0.153. The van der Waals surface area contributed by atoms with Crippen molar-refractivity contribution >= 4 is 17.6 Å². The standard InChI is InChI=1S/C20H23NO4/c1-14-9-10-18(15(2)13-14)21-20(23)16(3)25-19(22)11-12-24-17-7-5-4-6-8-17/h4-10,13,16H,11-12H2,1-3H3,(H,21,23)/t16-/m1/s1. The number of carbonyl (C=O) groups excluding carboxylic acids is 2. The van der Waals surface area contributed by atoms with Crippen molar-refractivity contribution in [2.75, 3.05) is 11.9 Å². The van der Waals surface area contributed by atoms with Crippen molar-refractivity contribution in [3.8, 4) is 5.75 Å². The van der Waals surface area contributed by atoms with Gasteiger partial charge in [-0.25, -0.2) is 0 Å². The molecule has 0 radical (unpaired) electrons. The number of rotatable bonds is 7. The minimum Gasteiger partial charge on any atom is -0.493 e. The lowest BCUT2D eigenvalue weighted by Crippen LogP contribution is -2.30. The molecule has 0 spiro atoms. The van der Waals surface area contributed by atoms with Crippen molar-refractivity contribution in [3.63, 3.8) is 0 Å². The summed E-state index contributed by atoms with van der Waals surface area (Å²) in [5.74, 6) is -0.139. The molecule has 0 aliphatic rings. The number of esters is 1. The average molecular weight is 341 g/mol. The highest BCUT2D eigenvalue weighted by atomic mass is 16.5. The summed E-state index contributed by atoms with van der Waals surface area (Å²) in [4.78, 5) is 24.0. The molecule has 2 aromatic carbocycles. The van der Waals surface area contributed by atoms with E-state index < -0.39 is 12.1 Å². The lowest BCUT2D eigenvalue weighted by atomic mass is 10.1. The number of nitrogens with one attached hydrogen (secondary N) is 1. The highest BCUT2D eigenvalue weighted by molar-refractivity contribution is 5.95. The Labute approximate surface area is 148 Å². The van der Waals surface area contributed by atoms with Gasteiger partial charge in [0.15, 0.2) is 6.10 Å². The van der Waals surface area contributed by atoms with Crippen LogP contribution in [0.25, 0.3) is 0 Å². The number of hydrogen-bond donors (Lipinski definition) is 1. The van der Waals surface area contributed by atoms with Gasteiger partial charge in [-0.15, -0.1) is 0 Å². The van der Waals surface area contributed by atoms with Gasteiger partial charge in [0, 0.05) is 5.69 Å². The Hall–Kier alpha value is -2.82. The number of ether oxygens (including phenoxy) is 2. The Morgan fingerprint density at radius 3 is 2.48 bits per heavy atom. The van der Waals surface area contributed by atoms with E-state index in [0.717, 1.165) is 11.1 Å². The lowest BCUT2D eigenvalue weighted by Gasteiger charge is -2.15. The van der Waals surface area contributed by atoms with Gasteiger partial charge in [-0.3, -0.25) is 9.59 Å². The van der Waals surface area contributed by atoms with Crippen molar-refractivity contribution in [1.29, 1.82) is 0 Å². The van der Waals surface area contributed by atoms with E-state index in [1.807, 2.05) is 62.4 Å². The maximum atomic E-state index is 12.2. The van der Waals surface area contributed by atoms with Gasteiger partial charge in [-0.05, 0) is 44.5 Å². The van der Waals surface area contributed by atoms with Crippen LogP contribution in [0.15, 0.2) is 48.5 Å². The van der Waals surface area contributed by atoms with Crippen molar-refractivity contribution in [2.24, 2.45) is 0 Å². The van der Waals surface area contributed by atoms with Gasteiger partial charge >= 0.3 is 5.97 Å². The first-order valence-electron chi connectivity index (χ1n) is 8.21. The molecule has 5 heteroatoms. The first-order chi connectivity index (χ1) is 12.0. The second kappa shape index (κ2) is 8.87. The van der Waals surface area contributed by atoms with E-state index >= 15 is 0 Å². The van der Waals surface area contributed by atoms with Gasteiger partial charge in [0.25, 0.3) is 5.91 Å². The number of aryl methyl sites for hydroxylation is 2. The molecule has 25 heavy (non-hydrogen) atoms. The zero-order valence-electron chi connectivity index (χ0n) is 14.7. The second-order valence-corrected chi connectivity index (χ2v) is 5.85. The molecule has 0 saturated carbocycles. The van der Waals surface area contributed by atoms with Gasteiger partial charge in [0.05, 0.1) is 13.0 Å². The fourth-order valence-electron chi connectivity index (χ4n) is 2.27. The van der Waals surface area contributed by atoms with Crippen LogP contribution in [-0.4, -0.2) is 24.6 Å². The SMILES string of the molecule is Cc1ccc(NC(=O)[C@@H](C)OC(=O)CCOc2ccccc2)c(C)c1. The molecule has 1 amide bonds. The summed E-state index contributed by atoms with van der Waals surface area (Å²) in [5, 5.41) is 2.78. The van der Waals surface area contributed by atoms with E-state index in [2.05, 4.69) is 5.32 Å². The summed E-state index contributed by atoms with van der Waals surface area (Å²) in [7, 11) is 0. The van der Waals surface area contributed by atoms with Crippen LogP contribution in [0.3, 0.4) is 0 Å². The maximum Gasteiger partial charge on any atom is 0.310 e. The highest BCUT2D eigenvalue weighted by Crippen LogP contribution is 2.16. The Morgan fingerprint density at radius 1 is 1.08 bits per heavy atom. The first-order valence-corrected chi connectivity index (χ1v) is 8.21. The fraction of sp³-hybridized carbons (Fsp3) is 0.300. The number of anilines is 1. The molecule has 0 aliphatic heterocycles. The summed E-state index contributed by atoms with van der Waals surface area (Å²) in [5.41, 5.74) is 2.79. The third-order valence-corrected chi connectivity index (χ3v) is 3.64. The topological polar surface area (TPSA) is 64.6 Å². The zero-order valence-corrected chi connectivity index (χ0v) is 14.7. The molecule has 132 valence electrons. The van der Waals surface area contributed by atoms with Crippen molar-refractivity contribution < 1.29 is 19.1 Å². The number of carbonyl (C=O) groups is 2. The molecule has 0 aromatic heterocycles. The van der Waals surface area contributed by atoms with Gasteiger partial charge in [0.1, 0.15) is 5.75 Å². The van der Waals surface area contributed by atoms with Gasteiger partial charge in [-0.2, -0.15) is 0 Å². The largest absolute Gasteiger partial charge is 0.493 e. The average Bonchev–Trinajstić information content (AvgIpc) is 2.58. The number of benzene rings is 2. The van der Waals surface area contributed by atoms with Crippen molar-refractivity contribution in [3.05, 3.63) is 59.7 Å². The second-order valence-electron chi connectivity index (χ2n) is 5.85. The summed E-state index contributed by atoms with van der Waals surface area (Å²) in [6.07, 6.45) is -0.791. The molecule has 1 N–H and O–H groups in total. The zero-order chi connectivity index (χ0) is 18.2. The van der Waals surface area contributed by atoms with E-state index in [0.29, 0.717) is 11.4 Å². The third kappa shape index (κ3) is 5.95. The Morgan fingerprint density at radius 2 is 1.80 bits per heavy atom. The van der Waals surface area contributed by atoms with Gasteiger partial charge < -0.3 is 14.8 Å². The summed E-state index contributed by atoms with van der Waals surface area (Å²) in [6.45, 7) is 5.66. The van der Waals surface area contributed by atoms with Crippen LogP contribution in [0.4, 0.5) is 5.69 Å². The van der Waals surface area contributed by atoms with Crippen molar-refractivity contribution in [1.82, 2.24) is 0 Å². The molecule has 1 atom stereocenters. The third-order valence-electron chi connectivity index (χ3n) is 3.64. The van der Waals surface area contributed by atoms with Crippen LogP contribution in [0.1, 0.15) is 24.5 Å². The monoisotopic (exact) mass is 341 g/mol. The minimum absolute atomic E-state index is 0.0794. The Bertz CT molecular complexity index is 728. The molecular formula is C20H23NO4. The van der Waals surface area contributed by atoms with Gasteiger partial charge in [0.2, 0.25) is 0 Å². The summed E-state index contributed by atoms with van der Waals surface area (Å²) < 4.78 is 10.6. The van der Waals surface area contributed by atoms with E-state index in [1.165, 1.54) is 0 Å². The molecule has 0 heterocycles. The van der Waals surface area contributed by atoms with E-state index in [-0.39, 0.29) is 18.9 Å². The van der Waals surface area contributed by atoms with Crippen LogP contribution >= 0.6 is 0 Å². The highest BCUT2D eigenvalue weighted by Gasteiger charge is 2.18. The quantitative estimate of drug-likeness (QED) is 0.781.